The highest BCUT2D eigenvalue weighted by molar-refractivity contribution is 6.42. The summed E-state index contributed by atoms with van der Waals surface area (Å²) >= 11 is 0. The highest BCUT2D eigenvalue weighted by Crippen LogP contribution is 2.28. The predicted molar refractivity (Wildman–Crippen MR) is 101 cm³/mol. The van der Waals surface area contributed by atoms with Gasteiger partial charge in [-0.2, -0.15) is 0 Å². The van der Waals surface area contributed by atoms with E-state index < -0.39 is 0 Å². The van der Waals surface area contributed by atoms with E-state index >= 15 is 0 Å². The Labute approximate surface area is 142 Å². The molecule has 0 fully saturated rings. The van der Waals surface area contributed by atoms with Crippen LogP contribution in [0.4, 0.5) is 5.69 Å². The third kappa shape index (κ3) is 6.29. The number of aliphatic imine (C=N–C) groups is 1. The summed E-state index contributed by atoms with van der Waals surface area (Å²) in [7, 11) is 0. The average Bonchev–Trinajstić information content (AvgIpc) is 2.45. The van der Waals surface area contributed by atoms with Gasteiger partial charge < -0.3 is 0 Å². The van der Waals surface area contributed by atoms with Gasteiger partial charge in [-0.15, -0.1) is 0 Å². The van der Waals surface area contributed by atoms with Crippen molar-refractivity contribution < 1.29 is 4.79 Å². The molecule has 0 bridgehead atoms. The first-order valence-corrected chi connectivity index (χ1v) is 8.96. The summed E-state index contributed by atoms with van der Waals surface area (Å²) in [4.78, 5) is 17.5. The molecule has 0 atom stereocenters. The molecule has 2 heteroatoms. The van der Waals surface area contributed by atoms with Crippen LogP contribution in [-0.2, 0) is 4.79 Å². The van der Waals surface area contributed by atoms with Crippen molar-refractivity contribution in [3.05, 3.63) is 29.3 Å². The molecule has 0 unspecified atom stereocenters. The number of carbonyl (C=O) groups excluding carboxylic acids is 1. The van der Waals surface area contributed by atoms with Crippen molar-refractivity contribution in [2.45, 2.75) is 80.1 Å². The number of hydrogen-bond acceptors (Lipinski definition) is 2. The van der Waals surface area contributed by atoms with E-state index in [9.17, 15) is 4.79 Å². The van der Waals surface area contributed by atoms with E-state index in [4.69, 9.17) is 4.99 Å². The van der Waals surface area contributed by atoms with Crippen LogP contribution in [0.15, 0.2) is 23.2 Å². The molecule has 0 aliphatic rings. The Hall–Kier alpha value is -1.44. The molecule has 0 saturated heterocycles. The van der Waals surface area contributed by atoms with Crippen LogP contribution in [0.5, 0.6) is 0 Å². The number of Topliss-reactive ketones (excluding diaryl/α,β-unsaturated/α-hetero) is 1. The van der Waals surface area contributed by atoms with Crippen molar-refractivity contribution >= 4 is 17.2 Å². The molecule has 0 aliphatic heterocycles. The molecule has 0 heterocycles. The maximum atomic E-state index is 12.7. The van der Waals surface area contributed by atoms with Crippen LogP contribution in [0.2, 0.25) is 0 Å². The van der Waals surface area contributed by atoms with Crippen LogP contribution in [0.3, 0.4) is 0 Å². The first-order chi connectivity index (χ1) is 10.8. The van der Waals surface area contributed by atoms with Gasteiger partial charge in [-0.25, -0.2) is 4.99 Å². The highest BCUT2D eigenvalue weighted by atomic mass is 16.1. The molecule has 128 valence electrons. The summed E-state index contributed by atoms with van der Waals surface area (Å²) in [6, 6.07) is 6.15. The fourth-order valence-corrected chi connectivity index (χ4v) is 2.75. The molecule has 0 aliphatic carbocycles. The Morgan fingerprint density at radius 1 is 1.00 bits per heavy atom. The Kier molecular flexibility index (Phi) is 7.67. The lowest BCUT2D eigenvalue weighted by atomic mass is 9.85. The van der Waals surface area contributed by atoms with E-state index in [1.54, 1.807) is 0 Å². The van der Waals surface area contributed by atoms with Gasteiger partial charge in [-0.1, -0.05) is 71.6 Å². The molecule has 23 heavy (non-hydrogen) atoms. The van der Waals surface area contributed by atoms with Crippen LogP contribution >= 0.6 is 0 Å². The van der Waals surface area contributed by atoms with Gasteiger partial charge in [-0.05, 0) is 31.4 Å². The van der Waals surface area contributed by atoms with Crippen molar-refractivity contribution in [3.63, 3.8) is 0 Å². The Bertz CT molecular complexity index is 529. The number of unbranched alkanes of at least 4 members (excludes halogenated alkanes) is 4. The lowest BCUT2D eigenvalue weighted by Gasteiger charge is -2.21. The molecular formula is C21H33NO. The van der Waals surface area contributed by atoms with Gasteiger partial charge in [0, 0.05) is 11.8 Å². The van der Waals surface area contributed by atoms with Crippen molar-refractivity contribution in [2.24, 2.45) is 10.4 Å². The summed E-state index contributed by atoms with van der Waals surface area (Å²) in [5, 5.41) is 0. The van der Waals surface area contributed by atoms with E-state index in [0.717, 1.165) is 29.7 Å². The van der Waals surface area contributed by atoms with Crippen LogP contribution in [0.1, 0.15) is 77.3 Å². The largest absolute Gasteiger partial charge is 0.293 e. The second kappa shape index (κ2) is 9.00. The zero-order valence-corrected chi connectivity index (χ0v) is 15.8. The first kappa shape index (κ1) is 19.6. The maximum Gasteiger partial charge on any atom is 0.177 e. The van der Waals surface area contributed by atoms with E-state index in [2.05, 4.69) is 53.7 Å². The summed E-state index contributed by atoms with van der Waals surface area (Å²) < 4.78 is 0. The van der Waals surface area contributed by atoms with Crippen molar-refractivity contribution in [2.75, 3.05) is 0 Å². The second-order valence-corrected chi connectivity index (χ2v) is 7.54. The summed E-state index contributed by atoms with van der Waals surface area (Å²) in [6.45, 7) is 12.6. The lowest BCUT2D eigenvalue weighted by Crippen LogP contribution is -2.28. The number of aryl methyl sites for hydroxylation is 2. The van der Waals surface area contributed by atoms with Crippen molar-refractivity contribution in [1.82, 2.24) is 0 Å². The van der Waals surface area contributed by atoms with Gasteiger partial charge in [0.2, 0.25) is 0 Å². The van der Waals surface area contributed by atoms with E-state index in [1.165, 1.54) is 19.3 Å². The maximum absolute atomic E-state index is 12.7. The monoisotopic (exact) mass is 315 g/mol. The van der Waals surface area contributed by atoms with Gasteiger partial charge in [0.1, 0.15) is 0 Å². The van der Waals surface area contributed by atoms with Crippen LogP contribution < -0.4 is 0 Å². The zero-order valence-electron chi connectivity index (χ0n) is 15.8. The number of hydrogen-bond donors (Lipinski definition) is 0. The fraction of sp³-hybridized carbons (Fsp3) is 0.619. The minimum Gasteiger partial charge on any atom is -0.293 e. The molecule has 2 nitrogen and oxygen atoms in total. The molecule has 0 spiro atoms. The molecule has 1 rings (SSSR count). The average molecular weight is 316 g/mol. The molecule has 1 aromatic rings. The van der Waals surface area contributed by atoms with E-state index in [1.807, 2.05) is 6.07 Å². The number of benzene rings is 1. The van der Waals surface area contributed by atoms with Crippen LogP contribution in [0, 0.1) is 19.3 Å². The smallest absolute Gasteiger partial charge is 0.177 e. The van der Waals surface area contributed by atoms with E-state index in [0.29, 0.717) is 12.1 Å². The third-order valence-corrected chi connectivity index (χ3v) is 4.15. The fourth-order valence-electron chi connectivity index (χ4n) is 2.75. The van der Waals surface area contributed by atoms with Gasteiger partial charge in [0.15, 0.2) is 5.78 Å². The topological polar surface area (TPSA) is 29.4 Å². The van der Waals surface area contributed by atoms with Gasteiger partial charge in [0.25, 0.3) is 0 Å². The van der Waals surface area contributed by atoms with E-state index in [-0.39, 0.29) is 11.2 Å². The lowest BCUT2D eigenvalue weighted by molar-refractivity contribution is -0.113. The summed E-state index contributed by atoms with van der Waals surface area (Å²) in [5.41, 5.74) is 3.70. The Balaban J connectivity index is 2.93. The molecule has 1 aromatic carbocycles. The minimum absolute atomic E-state index is 0.205. The normalized spacial score (nSPS) is 12.5. The van der Waals surface area contributed by atoms with Gasteiger partial charge in [0.05, 0.1) is 11.4 Å². The molecule has 0 radical (unpaired) electrons. The van der Waals surface area contributed by atoms with Crippen LogP contribution in [-0.4, -0.2) is 11.5 Å². The second-order valence-electron chi connectivity index (χ2n) is 7.54. The number of carbonyl (C=O) groups is 1. The summed E-state index contributed by atoms with van der Waals surface area (Å²) in [6.07, 6.45) is 6.44. The van der Waals surface area contributed by atoms with Gasteiger partial charge in [-0.3, -0.25) is 4.79 Å². The van der Waals surface area contributed by atoms with Gasteiger partial charge >= 0.3 is 0 Å². The standard InChI is InChI=1S/C21H33NO/c1-7-8-9-10-11-15-18(23)20(21(4,5)6)22-19-16(2)13-12-14-17(19)3/h12-14H,7-11,15H2,1-6H3. The Morgan fingerprint density at radius 3 is 2.09 bits per heavy atom. The molecular weight excluding hydrogens is 282 g/mol. The van der Waals surface area contributed by atoms with Crippen molar-refractivity contribution in [3.8, 4) is 0 Å². The number of para-hydroxylation sites is 1. The first-order valence-electron chi connectivity index (χ1n) is 8.96. The molecule has 0 N–H and O–H groups in total. The number of ketones is 1. The van der Waals surface area contributed by atoms with Crippen molar-refractivity contribution in [1.29, 1.82) is 0 Å². The predicted octanol–water partition coefficient (Wildman–Crippen LogP) is 6.35. The summed E-state index contributed by atoms with van der Waals surface area (Å²) in [5.74, 6) is 0.205. The number of rotatable bonds is 8. The Morgan fingerprint density at radius 2 is 1.57 bits per heavy atom. The highest BCUT2D eigenvalue weighted by Gasteiger charge is 2.25. The quantitative estimate of drug-likeness (QED) is 0.406. The molecule has 0 saturated carbocycles. The van der Waals surface area contributed by atoms with Crippen LogP contribution in [0.25, 0.3) is 0 Å². The minimum atomic E-state index is -0.227. The molecule has 0 aromatic heterocycles. The zero-order chi connectivity index (χ0) is 17.5. The SMILES string of the molecule is CCCCCCCC(=O)C(=Nc1c(C)cccc1C)C(C)(C)C. The molecule has 0 amide bonds. The third-order valence-electron chi connectivity index (χ3n) is 4.15. The number of nitrogens with zero attached hydrogens (tertiary/aromatic N) is 1.